The highest BCUT2D eigenvalue weighted by atomic mass is 16.4. The number of carbonyl (C=O) groups excluding carboxylic acids is 2. The van der Waals surface area contributed by atoms with Gasteiger partial charge in [-0.3, -0.25) is 9.59 Å². The van der Waals surface area contributed by atoms with Gasteiger partial charge in [0.05, 0.1) is 12.2 Å². The molecule has 0 aliphatic carbocycles. The smallest absolute Gasteiger partial charge is 0.289 e. The standard InChI is InChI=1S/C12H18N4O3/c1-8-11(19-9(2)15-8)12(18)14-7-10(17)16-5-3-13-4-6-16/h13H,3-7H2,1-2H3,(H,14,18). The second-order valence-corrected chi connectivity index (χ2v) is 4.46. The second-order valence-electron chi connectivity index (χ2n) is 4.46. The Kier molecular flexibility index (Phi) is 4.16. The summed E-state index contributed by atoms with van der Waals surface area (Å²) in [5.74, 6) is 0.131. The fraction of sp³-hybridized carbons (Fsp3) is 0.583. The molecule has 7 nitrogen and oxygen atoms in total. The molecule has 2 rings (SSSR count). The summed E-state index contributed by atoms with van der Waals surface area (Å²) in [5, 5.41) is 5.73. The summed E-state index contributed by atoms with van der Waals surface area (Å²) < 4.78 is 5.20. The molecule has 1 saturated heterocycles. The maximum atomic E-state index is 11.9. The van der Waals surface area contributed by atoms with Crippen LogP contribution in [-0.4, -0.2) is 54.4 Å². The van der Waals surface area contributed by atoms with Crippen LogP contribution >= 0.6 is 0 Å². The van der Waals surface area contributed by atoms with Crippen molar-refractivity contribution in [2.45, 2.75) is 13.8 Å². The fourth-order valence-electron chi connectivity index (χ4n) is 2.00. The van der Waals surface area contributed by atoms with Crippen molar-refractivity contribution in [1.82, 2.24) is 20.5 Å². The summed E-state index contributed by atoms with van der Waals surface area (Å²) in [4.78, 5) is 29.4. The molecule has 2 heterocycles. The van der Waals surface area contributed by atoms with Crippen molar-refractivity contribution in [3.63, 3.8) is 0 Å². The third kappa shape index (κ3) is 3.31. The molecule has 19 heavy (non-hydrogen) atoms. The Labute approximate surface area is 111 Å². The first-order chi connectivity index (χ1) is 9.08. The number of nitrogens with one attached hydrogen (secondary N) is 2. The Morgan fingerprint density at radius 2 is 2.05 bits per heavy atom. The number of piperazine rings is 1. The molecule has 2 amide bonds. The van der Waals surface area contributed by atoms with Crippen LogP contribution in [0.15, 0.2) is 4.42 Å². The number of aryl methyl sites for hydroxylation is 2. The summed E-state index contributed by atoms with van der Waals surface area (Å²) in [7, 11) is 0. The van der Waals surface area contributed by atoms with Crippen molar-refractivity contribution in [3.8, 4) is 0 Å². The Bertz CT molecular complexity index is 477. The van der Waals surface area contributed by atoms with Crippen molar-refractivity contribution in [3.05, 3.63) is 17.3 Å². The van der Waals surface area contributed by atoms with Gasteiger partial charge in [0.2, 0.25) is 11.7 Å². The van der Waals surface area contributed by atoms with Crippen molar-refractivity contribution in [2.75, 3.05) is 32.7 Å². The van der Waals surface area contributed by atoms with Gasteiger partial charge in [-0.15, -0.1) is 0 Å². The van der Waals surface area contributed by atoms with Gasteiger partial charge in [0, 0.05) is 33.1 Å². The van der Waals surface area contributed by atoms with Gasteiger partial charge in [-0.05, 0) is 6.92 Å². The van der Waals surface area contributed by atoms with Gasteiger partial charge in [0.15, 0.2) is 5.89 Å². The first-order valence-corrected chi connectivity index (χ1v) is 6.28. The summed E-state index contributed by atoms with van der Waals surface area (Å²) in [6, 6.07) is 0. The third-order valence-corrected chi connectivity index (χ3v) is 2.98. The molecule has 0 unspecified atom stereocenters. The number of hydrogen-bond acceptors (Lipinski definition) is 5. The van der Waals surface area contributed by atoms with E-state index in [1.54, 1.807) is 18.7 Å². The Morgan fingerprint density at radius 1 is 1.37 bits per heavy atom. The van der Waals surface area contributed by atoms with Gasteiger partial charge in [-0.1, -0.05) is 0 Å². The quantitative estimate of drug-likeness (QED) is 0.766. The molecule has 0 bridgehead atoms. The highest BCUT2D eigenvalue weighted by Gasteiger charge is 2.19. The Hall–Kier alpha value is -1.89. The summed E-state index contributed by atoms with van der Waals surface area (Å²) >= 11 is 0. The van der Waals surface area contributed by atoms with E-state index in [1.165, 1.54) is 0 Å². The molecule has 7 heteroatoms. The van der Waals surface area contributed by atoms with E-state index in [0.29, 0.717) is 24.7 Å². The maximum Gasteiger partial charge on any atom is 0.289 e. The molecule has 2 N–H and O–H groups in total. The van der Waals surface area contributed by atoms with Crippen molar-refractivity contribution in [1.29, 1.82) is 0 Å². The minimum atomic E-state index is -0.401. The van der Waals surface area contributed by atoms with E-state index in [1.807, 2.05) is 0 Å². The normalized spacial score (nSPS) is 15.4. The number of hydrogen-bond donors (Lipinski definition) is 2. The predicted molar refractivity (Wildman–Crippen MR) is 67.8 cm³/mol. The molecular weight excluding hydrogens is 248 g/mol. The zero-order chi connectivity index (χ0) is 13.8. The van der Waals surface area contributed by atoms with E-state index in [9.17, 15) is 9.59 Å². The van der Waals surface area contributed by atoms with Gasteiger partial charge in [-0.2, -0.15) is 0 Å². The van der Waals surface area contributed by atoms with Crippen LogP contribution in [-0.2, 0) is 4.79 Å². The minimum Gasteiger partial charge on any atom is -0.436 e. The first-order valence-electron chi connectivity index (χ1n) is 6.28. The molecular formula is C12H18N4O3. The largest absolute Gasteiger partial charge is 0.436 e. The fourth-order valence-corrected chi connectivity index (χ4v) is 2.00. The number of amides is 2. The molecule has 1 fully saturated rings. The lowest BCUT2D eigenvalue weighted by molar-refractivity contribution is -0.130. The molecule has 0 saturated carbocycles. The molecule has 1 aromatic rings. The molecule has 0 atom stereocenters. The lowest BCUT2D eigenvalue weighted by Crippen LogP contribution is -2.49. The Morgan fingerprint density at radius 3 is 2.63 bits per heavy atom. The van der Waals surface area contributed by atoms with Crippen LogP contribution in [0.4, 0.5) is 0 Å². The summed E-state index contributed by atoms with van der Waals surface area (Å²) in [5.41, 5.74) is 0.532. The van der Waals surface area contributed by atoms with E-state index in [0.717, 1.165) is 13.1 Å². The number of rotatable bonds is 3. The average molecular weight is 266 g/mol. The van der Waals surface area contributed by atoms with Crippen molar-refractivity contribution >= 4 is 11.8 Å². The van der Waals surface area contributed by atoms with Crippen LogP contribution in [0.2, 0.25) is 0 Å². The highest BCUT2D eigenvalue weighted by Crippen LogP contribution is 2.08. The van der Waals surface area contributed by atoms with Gasteiger partial charge in [-0.25, -0.2) is 4.98 Å². The summed E-state index contributed by atoms with van der Waals surface area (Å²) in [6.07, 6.45) is 0. The zero-order valence-corrected chi connectivity index (χ0v) is 11.2. The molecule has 0 aromatic carbocycles. The molecule has 1 aliphatic rings. The van der Waals surface area contributed by atoms with Crippen LogP contribution in [0, 0.1) is 13.8 Å². The molecule has 0 radical (unpaired) electrons. The molecule has 104 valence electrons. The molecule has 0 spiro atoms. The minimum absolute atomic E-state index is 0.0159. The van der Waals surface area contributed by atoms with E-state index >= 15 is 0 Å². The number of nitrogens with zero attached hydrogens (tertiary/aromatic N) is 2. The van der Waals surface area contributed by atoms with E-state index < -0.39 is 5.91 Å². The topological polar surface area (TPSA) is 87.5 Å². The maximum absolute atomic E-state index is 11.9. The van der Waals surface area contributed by atoms with Crippen LogP contribution in [0.25, 0.3) is 0 Å². The monoisotopic (exact) mass is 266 g/mol. The zero-order valence-electron chi connectivity index (χ0n) is 11.2. The SMILES string of the molecule is Cc1nc(C)c(C(=O)NCC(=O)N2CCNCC2)o1. The van der Waals surface area contributed by atoms with Crippen molar-refractivity contribution in [2.24, 2.45) is 0 Å². The number of oxazole rings is 1. The van der Waals surface area contributed by atoms with E-state index in [2.05, 4.69) is 15.6 Å². The Balaban J connectivity index is 1.86. The lowest BCUT2D eigenvalue weighted by atomic mass is 10.3. The number of aromatic nitrogens is 1. The van der Waals surface area contributed by atoms with Gasteiger partial charge in [0.25, 0.3) is 5.91 Å². The van der Waals surface area contributed by atoms with E-state index in [4.69, 9.17) is 4.42 Å². The summed E-state index contributed by atoms with van der Waals surface area (Å²) in [6.45, 7) is 6.29. The number of carbonyl (C=O) groups is 2. The van der Waals surface area contributed by atoms with Gasteiger partial charge in [0.1, 0.15) is 0 Å². The van der Waals surface area contributed by atoms with Crippen LogP contribution in [0.1, 0.15) is 22.1 Å². The van der Waals surface area contributed by atoms with Crippen LogP contribution in [0.3, 0.4) is 0 Å². The first kappa shape index (κ1) is 13.5. The highest BCUT2D eigenvalue weighted by molar-refractivity contribution is 5.95. The van der Waals surface area contributed by atoms with Crippen molar-refractivity contribution < 1.29 is 14.0 Å². The molecule has 1 aliphatic heterocycles. The van der Waals surface area contributed by atoms with Crippen LogP contribution in [0.5, 0.6) is 0 Å². The second kappa shape index (κ2) is 5.83. The molecule has 1 aromatic heterocycles. The predicted octanol–water partition coefficient (Wildman–Crippen LogP) is -0.547. The van der Waals surface area contributed by atoms with Gasteiger partial charge >= 0.3 is 0 Å². The average Bonchev–Trinajstić information content (AvgIpc) is 2.75. The van der Waals surface area contributed by atoms with Gasteiger partial charge < -0.3 is 20.0 Å². The van der Waals surface area contributed by atoms with Crippen LogP contribution < -0.4 is 10.6 Å². The van der Waals surface area contributed by atoms with E-state index in [-0.39, 0.29) is 18.2 Å². The third-order valence-electron chi connectivity index (χ3n) is 2.98. The lowest BCUT2D eigenvalue weighted by Gasteiger charge is -2.27.